The van der Waals surface area contributed by atoms with E-state index in [1.807, 2.05) is 0 Å². The van der Waals surface area contributed by atoms with Gasteiger partial charge in [0.05, 0.1) is 11.5 Å². The maximum atomic E-state index is 11.2. The van der Waals surface area contributed by atoms with Crippen LogP contribution in [0.15, 0.2) is 24.3 Å². The molecule has 1 aromatic carbocycles. The molecule has 0 aromatic heterocycles. The Morgan fingerprint density at radius 1 is 1.45 bits per heavy atom. The highest BCUT2D eigenvalue weighted by atomic mass is 16.6. The van der Waals surface area contributed by atoms with E-state index in [1.165, 1.54) is 24.3 Å². The third-order valence-corrected chi connectivity index (χ3v) is 2.56. The van der Waals surface area contributed by atoms with Crippen LogP contribution in [0.25, 0.3) is 0 Å². The van der Waals surface area contributed by atoms with E-state index in [9.17, 15) is 20.0 Å². The second-order valence-corrected chi connectivity index (χ2v) is 3.95. The number of hydrogen-bond donors (Lipinski definition) is 3. The summed E-state index contributed by atoms with van der Waals surface area (Å²) in [5, 5.41) is 32.0. The van der Waals surface area contributed by atoms with Gasteiger partial charge in [0.15, 0.2) is 6.10 Å². The number of rotatable bonds is 6. The second kappa shape index (κ2) is 7.41. The van der Waals surface area contributed by atoms with E-state index in [2.05, 4.69) is 5.32 Å². The van der Waals surface area contributed by atoms with Crippen LogP contribution in [0.2, 0.25) is 0 Å². The largest absolute Gasteiger partial charge is 0.441 e. The Morgan fingerprint density at radius 3 is 2.50 bits per heavy atom. The molecule has 0 saturated heterocycles. The van der Waals surface area contributed by atoms with Crippen molar-refractivity contribution in [1.82, 2.24) is 5.32 Å². The van der Waals surface area contributed by atoms with Crippen LogP contribution in [0.4, 0.5) is 10.5 Å². The summed E-state index contributed by atoms with van der Waals surface area (Å²) < 4.78 is 4.85. The molecule has 0 aliphatic carbocycles. The van der Waals surface area contributed by atoms with Crippen molar-refractivity contribution >= 4 is 11.8 Å². The summed E-state index contributed by atoms with van der Waals surface area (Å²) in [6.07, 6.45) is -3.18. The minimum atomic E-state index is -1.27. The molecule has 1 aromatic rings. The van der Waals surface area contributed by atoms with Crippen LogP contribution in [-0.4, -0.2) is 40.5 Å². The molecule has 0 saturated carbocycles. The van der Waals surface area contributed by atoms with Crippen molar-refractivity contribution in [3.63, 3.8) is 0 Å². The number of hydrogen-bond acceptors (Lipinski definition) is 6. The number of nitro groups is 1. The van der Waals surface area contributed by atoms with Gasteiger partial charge in [0, 0.05) is 18.7 Å². The van der Waals surface area contributed by atoms with Crippen molar-refractivity contribution in [2.24, 2.45) is 0 Å². The van der Waals surface area contributed by atoms with Crippen LogP contribution in [-0.2, 0) is 4.74 Å². The Bertz CT molecular complexity index is 462. The van der Waals surface area contributed by atoms with Gasteiger partial charge in [0.2, 0.25) is 0 Å². The van der Waals surface area contributed by atoms with Gasteiger partial charge >= 0.3 is 6.09 Å². The first-order valence-electron chi connectivity index (χ1n) is 5.97. The number of non-ortho nitro benzene ring substituents is 1. The molecule has 0 heterocycles. The first kappa shape index (κ1) is 15.9. The average molecular weight is 284 g/mol. The van der Waals surface area contributed by atoms with E-state index in [0.29, 0.717) is 12.1 Å². The lowest BCUT2D eigenvalue weighted by atomic mass is 10.0. The van der Waals surface area contributed by atoms with E-state index in [4.69, 9.17) is 9.84 Å². The molecule has 0 aliphatic heterocycles. The maximum absolute atomic E-state index is 11.2. The summed E-state index contributed by atoms with van der Waals surface area (Å²) in [5.41, 5.74) is 0.185. The molecule has 0 bridgehead atoms. The van der Waals surface area contributed by atoms with Gasteiger partial charge < -0.3 is 20.3 Å². The van der Waals surface area contributed by atoms with Crippen molar-refractivity contribution in [3.05, 3.63) is 39.9 Å². The highest BCUT2D eigenvalue weighted by Crippen LogP contribution is 2.22. The van der Waals surface area contributed by atoms with Gasteiger partial charge in [-0.1, -0.05) is 0 Å². The standard InChI is InChI=1S/C12H16N2O6/c1-2-13-12(17)20-10(7-15)11(16)8-3-5-9(6-4-8)14(18)19/h3-6,10-11,15-16H,2,7H2,1H3,(H,13,17). The summed E-state index contributed by atoms with van der Waals surface area (Å²) in [7, 11) is 0. The van der Waals surface area contributed by atoms with E-state index < -0.39 is 29.8 Å². The molecule has 0 radical (unpaired) electrons. The zero-order valence-corrected chi connectivity index (χ0v) is 10.9. The topological polar surface area (TPSA) is 122 Å². The molecule has 8 nitrogen and oxygen atoms in total. The summed E-state index contributed by atoms with van der Waals surface area (Å²) >= 11 is 0. The van der Waals surface area contributed by atoms with Crippen LogP contribution >= 0.6 is 0 Å². The van der Waals surface area contributed by atoms with Crippen LogP contribution < -0.4 is 5.32 Å². The van der Waals surface area contributed by atoms with Crippen molar-refractivity contribution in [1.29, 1.82) is 0 Å². The quantitative estimate of drug-likeness (QED) is 0.523. The molecule has 110 valence electrons. The van der Waals surface area contributed by atoms with Gasteiger partial charge in [0.1, 0.15) is 6.10 Å². The number of nitro benzene ring substituents is 1. The molecule has 8 heteroatoms. The van der Waals surface area contributed by atoms with Gasteiger partial charge in [-0.25, -0.2) is 4.79 Å². The SMILES string of the molecule is CCNC(=O)OC(CO)C(O)c1ccc([N+](=O)[O-])cc1. The first-order chi connectivity index (χ1) is 9.49. The lowest BCUT2D eigenvalue weighted by Crippen LogP contribution is -2.34. The van der Waals surface area contributed by atoms with Crippen molar-refractivity contribution in [3.8, 4) is 0 Å². The Morgan fingerprint density at radius 2 is 2.05 bits per heavy atom. The Labute approximate surface area is 115 Å². The smallest absolute Gasteiger partial charge is 0.407 e. The molecule has 2 unspecified atom stereocenters. The third-order valence-electron chi connectivity index (χ3n) is 2.56. The Balaban J connectivity index is 2.77. The van der Waals surface area contributed by atoms with E-state index in [-0.39, 0.29) is 5.69 Å². The van der Waals surface area contributed by atoms with Crippen LogP contribution in [0.1, 0.15) is 18.6 Å². The Hall–Kier alpha value is -2.19. The molecule has 0 fully saturated rings. The summed E-state index contributed by atoms with van der Waals surface area (Å²) in [6.45, 7) is 1.47. The van der Waals surface area contributed by atoms with E-state index >= 15 is 0 Å². The van der Waals surface area contributed by atoms with Crippen molar-refractivity contribution in [2.45, 2.75) is 19.1 Å². The first-order valence-corrected chi connectivity index (χ1v) is 5.97. The van der Waals surface area contributed by atoms with Crippen LogP contribution in [0.3, 0.4) is 0 Å². The zero-order chi connectivity index (χ0) is 15.1. The van der Waals surface area contributed by atoms with Crippen molar-refractivity contribution < 1.29 is 24.7 Å². The maximum Gasteiger partial charge on any atom is 0.407 e. The number of benzene rings is 1. The van der Waals surface area contributed by atoms with Crippen molar-refractivity contribution in [2.75, 3.05) is 13.2 Å². The normalized spacial score (nSPS) is 13.3. The molecule has 2 atom stereocenters. The number of ether oxygens (including phenoxy) is 1. The molecule has 20 heavy (non-hydrogen) atoms. The highest BCUT2D eigenvalue weighted by Gasteiger charge is 2.24. The average Bonchev–Trinajstić information content (AvgIpc) is 2.44. The van der Waals surface area contributed by atoms with Gasteiger partial charge in [-0.3, -0.25) is 10.1 Å². The monoisotopic (exact) mass is 284 g/mol. The fourth-order valence-corrected chi connectivity index (χ4v) is 1.53. The summed E-state index contributed by atoms with van der Waals surface area (Å²) in [4.78, 5) is 21.2. The summed E-state index contributed by atoms with van der Waals surface area (Å²) in [6, 6.07) is 5.12. The number of carbonyl (C=O) groups excluding carboxylic acids is 1. The van der Waals surface area contributed by atoms with Gasteiger partial charge in [-0.2, -0.15) is 0 Å². The van der Waals surface area contributed by atoms with Gasteiger partial charge in [0.25, 0.3) is 5.69 Å². The lowest BCUT2D eigenvalue weighted by molar-refractivity contribution is -0.384. The highest BCUT2D eigenvalue weighted by molar-refractivity contribution is 5.67. The number of alkyl carbamates (subject to hydrolysis) is 1. The second-order valence-electron chi connectivity index (χ2n) is 3.95. The number of amides is 1. The van der Waals surface area contributed by atoms with Gasteiger partial charge in [-0.05, 0) is 24.6 Å². The van der Waals surface area contributed by atoms with Crippen LogP contribution in [0.5, 0.6) is 0 Å². The lowest BCUT2D eigenvalue weighted by Gasteiger charge is -2.21. The van der Waals surface area contributed by atoms with Crippen LogP contribution in [0, 0.1) is 10.1 Å². The molecule has 0 aliphatic rings. The van der Waals surface area contributed by atoms with E-state index in [1.54, 1.807) is 6.92 Å². The number of nitrogens with zero attached hydrogens (tertiary/aromatic N) is 1. The number of aliphatic hydroxyl groups is 2. The Kier molecular flexibility index (Phi) is 5.88. The van der Waals surface area contributed by atoms with E-state index in [0.717, 1.165) is 0 Å². The molecule has 1 rings (SSSR count). The molecule has 0 spiro atoms. The minimum absolute atomic E-state index is 0.119. The molecular formula is C12H16N2O6. The minimum Gasteiger partial charge on any atom is -0.441 e. The zero-order valence-electron chi connectivity index (χ0n) is 10.9. The predicted molar refractivity (Wildman–Crippen MR) is 69.1 cm³/mol. The molecule has 1 amide bonds. The number of nitrogens with one attached hydrogen (secondary N) is 1. The fourth-order valence-electron chi connectivity index (χ4n) is 1.53. The third kappa shape index (κ3) is 4.18. The predicted octanol–water partition coefficient (Wildman–Crippen LogP) is 0.735. The fraction of sp³-hybridized carbons (Fsp3) is 0.417. The molecule has 3 N–H and O–H groups in total. The van der Waals surface area contributed by atoms with Gasteiger partial charge in [-0.15, -0.1) is 0 Å². The summed E-state index contributed by atoms with van der Waals surface area (Å²) in [5.74, 6) is 0. The number of aliphatic hydroxyl groups excluding tert-OH is 2. The molecular weight excluding hydrogens is 268 g/mol. The number of carbonyl (C=O) groups is 1.